The summed E-state index contributed by atoms with van der Waals surface area (Å²) in [6, 6.07) is 4.54. The summed E-state index contributed by atoms with van der Waals surface area (Å²) in [5.74, 6) is -71.4. The predicted molar refractivity (Wildman–Crippen MR) is 162 cm³/mol. The Hall–Kier alpha value is -5.28. The van der Waals surface area contributed by atoms with Crippen LogP contribution in [0.4, 0.5) is 93.5 Å². The van der Waals surface area contributed by atoms with Gasteiger partial charge in [-0.05, 0) is 31.9 Å². The van der Waals surface area contributed by atoms with Crippen LogP contribution in [-0.4, -0.2) is 20.2 Å². The molecule has 0 aliphatic rings. The number of hydrogen-bond acceptors (Lipinski definition) is 0. The van der Waals surface area contributed by atoms with Crippen LogP contribution in [0.25, 0.3) is 0 Å². The van der Waals surface area contributed by atoms with E-state index in [4.69, 9.17) is 0 Å². The summed E-state index contributed by atoms with van der Waals surface area (Å²) in [6.45, 7) is 6.51. The third-order valence-corrected chi connectivity index (χ3v) is 9.09. The molecule has 0 saturated carbocycles. The van der Waals surface area contributed by atoms with E-state index in [2.05, 4.69) is 47.0 Å². The third kappa shape index (κ3) is 6.63. The second kappa shape index (κ2) is 15.6. The van der Waals surface area contributed by atoms with Gasteiger partial charge in [-0.2, -0.15) is 0 Å². The van der Waals surface area contributed by atoms with Crippen molar-refractivity contribution >= 4 is 33.7 Å². The number of halogens is 20. The Morgan fingerprint density at radius 1 is 0.281 bits per heavy atom. The van der Waals surface area contributed by atoms with Crippen molar-refractivity contribution in [2.45, 2.75) is 20.8 Å². The van der Waals surface area contributed by atoms with Crippen molar-refractivity contribution in [3.63, 3.8) is 0 Å². The zero-order valence-electron chi connectivity index (χ0n) is 28.8. The van der Waals surface area contributed by atoms with Gasteiger partial charge in [0.25, 0.3) is 0 Å². The molecule has 0 aliphatic carbocycles. The van der Waals surface area contributed by atoms with E-state index in [0.717, 1.165) is 0 Å². The van der Waals surface area contributed by atoms with Gasteiger partial charge in [-0.3, -0.25) is 0 Å². The van der Waals surface area contributed by atoms with Crippen molar-refractivity contribution in [1.82, 2.24) is 0 Å². The fraction of sp³-hybridized carbons (Fsp3) is 0.143. The van der Waals surface area contributed by atoms with Crippen molar-refractivity contribution in [1.29, 1.82) is 0 Å². The highest BCUT2D eigenvalue weighted by Crippen LogP contribution is 2.30. The minimum Gasteiger partial charge on any atom is -0.307 e. The Kier molecular flexibility index (Phi) is 12.1. The van der Waals surface area contributed by atoms with Gasteiger partial charge in [0.2, 0.25) is 0 Å². The molecule has 22 heteroatoms. The van der Waals surface area contributed by atoms with Crippen molar-refractivity contribution in [3.05, 3.63) is 145 Å². The molecule has 5 aromatic carbocycles. The molecule has 0 atom stereocenters. The van der Waals surface area contributed by atoms with Crippen molar-refractivity contribution in [2.75, 3.05) is 14.1 Å². The number of benzene rings is 5. The molecule has 0 amide bonds. The van der Waals surface area contributed by atoms with Gasteiger partial charge in [0, 0.05) is 11.6 Å². The van der Waals surface area contributed by atoms with Crippen LogP contribution in [0.15, 0.2) is 12.1 Å². The quantitative estimate of drug-likeness (QED) is 0.0826. The Bertz CT molecular complexity index is 2100. The van der Waals surface area contributed by atoms with Crippen molar-refractivity contribution in [2.24, 2.45) is 0 Å². The molecule has 5 aromatic rings. The Balaban J connectivity index is 0.000000512. The molecule has 0 bridgehead atoms. The highest BCUT2D eigenvalue weighted by atomic mass is 19.2. The first-order valence-electron chi connectivity index (χ1n) is 15.3. The lowest BCUT2D eigenvalue weighted by Gasteiger charge is -2.44. The highest BCUT2D eigenvalue weighted by molar-refractivity contribution is 7.20. The van der Waals surface area contributed by atoms with E-state index >= 15 is 35.1 Å². The maximum atomic E-state index is 15.4. The van der Waals surface area contributed by atoms with Crippen LogP contribution >= 0.6 is 0 Å². The van der Waals surface area contributed by atoms with Crippen LogP contribution in [0.5, 0.6) is 0 Å². The molecular weight excluding hydrogens is 825 g/mol. The number of quaternary nitrogens is 1. The molecule has 5 rings (SSSR count). The van der Waals surface area contributed by atoms with E-state index in [1.165, 1.54) is 27.3 Å². The smallest absolute Gasteiger partial charge is 0.200 e. The summed E-state index contributed by atoms with van der Waals surface area (Å²) in [6.07, 6.45) is -7.22. The zero-order valence-corrected chi connectivity index (χ0v) is 28.8. The number of nitrogens with one attached hydrogen (secondary N) is 1. The molecule has 0 aliphatic heterocycles. The lowest BCUT2D eigenvalue weighted by Crippen LogP contribution is -3.00. The van der Waals surface area contributed by atoms with Gasteiger partial charge < -0.3 is 4.90 Å². The van der Waals surface area contributed by atoms with Crippen molar-refractivity contribution in [3.8, 4) is 0 Å². The lowest BCUT2D eigenvalue weighted by molar-refractivity contribution is -0.786. The Morgan fingerprint density at radius 2 is 0.456 bits per heavy atom. The maximum Gasteiger partial charge on any atom is 0.200 e. The average molecular weight is 843 g/mol. The first-order valence-corrected chi connectivity index (χ1v) is 15.3. The van der Waals surface area contributed by atoms with Crippen LogP contribution < -0.4 is 26.8 Å². The van der Waals surface area contributed by atoms with E-state index < -0.39 is 144 Å². The van der Waals surface area contributed by atoms with E-state index in [1.807, 2.05) is 0 Å². The lowest BCUT2D eigenvalue weighted by atomic mass is 9.12. The second-order valence-corrected chi connectivity index (χ2v) is 12.6. The third-order valence-electron chi connectivity index (χ3n) is 9.09. The van der Waals surface area contributed by atoms with Gasteiger partial charge in [0.1, 0.15) is 58.4 Å². The van der Waals surface area contributed by atoms with Crippen molar-refractivity contribution < 1.29 is 92.7 Å². The van der Waals surface area contributed by atoms with E-state index in [1.54, 1.807) is 0 Å². The summed E-state index contributed by atoms with van der Waals surface area (Å²) >= 11 is 0. The standard InChI is InChI=1S/C24BF20.C11H17N/c26-5-1(6(27)14(35)21(42)13(5)34)25(2-7(28)15(36)22(43)16(37)8(2)29,3-9(30)17(38)23(44)18(39)10(3)31)4-11(32)19(40)24(45)20(41)12(4)33;1-8-6-10(3)11(12(4)5)7-9(8)2/h;6-7H,1-5H3/q-1;/p+1. The molecule has 306 valence electrons. The summed E-state index contributed by atoms with van der Waals surface area (Å²) in [4.78, 5) is 1.40. The molecule has 1 nitrogen and oxygen atoms in total. The SMILES string of the molecule is Cc1cc(C)c([NH+](C)C)cc1C.Fc1c(F)c(F)c([B-](c2c(F)c(F)c(F)c(F)c2F)(c2c(F)c(F)c(F)c(F)c2F)c2c(F)c(F)c(F)c(F)c2F)c(F)c1F. The summed E-state index contributed by atoms with van der Waals surface area (Å²) in [7, 11) is 4.33. The molecule has 1 N–H and O–H groups in total. The van der Waals surface area contributed by atoms with Gasteiger partial charge >= 0.3 is 0 Å². The van der Waals surface area contributed by atoms with Gasteiger partial charge in [-0.1, -0.05) is 6.07 Å². The largest absolute Gasteiger partial charge is 0.307 e. The minimum absolute atomic E-state index is 1.39. The monoisotopic (exact) mass is 843 g/mol. The Morgan fingerprint density at radius 3 is 0.649 bits per heavy atom. The zero-order chi connectivity index (χ0) is 43.7. The fourth-order valence-electron chi connectivity index (χ4n) is 6.37. The van der Waals surface area contributed by atoms with Crippen LogP contribution in [-0.2, 0) is 0 Å². The van der Waals surface area contributed by atoms with Gasteiger partial charge in [0.15, 0.2) is 69.8 Å². The molecule has 0 fully saturated rings. The molecule has 0 spiro atoms. The molecule has 0 radical (unpaired) electrons. The molecule has 0 unspecified atom stereocenters. The molecule has 0 heterocycles. The highest BCUT2D eigenvalue weighted by Gasteiger charge is 2.52. The number of rotatable bonds is 5. The fourth-order valence-corrected chi connectivity index (χ4v) is 6.37. The van der Waals surface area contributed by atoms with Crippen LogP contribution in [0, 0.1) is 137 Å². The van der Waals surface area contributed by atoms with Gasteiger partial charge in [-0.25, -0.2) is 87.8 Å². The average Bonchev–Trinajstić information content (AvgIpc) is 3.16. The van der Waals surface area contributed by atoms with E-state index in [-0.39, 0.29) is 0 Å². The maximum absolute atomic E-state index is 15.4. The molecule has 0 aromatic heterocycles. The van der Waals surface area contributed by atoms with Crippen LogP contribution in [0.2, 0.25) is 0 Å². The molecular formula is C35H18BF20N. The normalized spacial score (nSPS) is 11.8. The number of hydrogen-bond donors (Lipinski definition) is 1. The van der Waals surface area contributed by atoms with Crippen LogP contribution in [0.1, 0.15) is 16.7 Å². The topological polar surface area (TPSA) is 4.44 Å². The summed E-state index contributed by atoms with van der Waals surface area (Å²) < 4.78 is 294. The predicted octanol–water partition coefficient (Wildman–Crippen LogP) is 7.23. The summed E-state index contributed by atoms with van der Waals surface area (Å²) in [5.41, 5.74) is -8.77. The van der Waals surface area contributed by atoms with E-state index in [0.29, 0.717) is 0 Å². The van der Waals surface area contributed by atoms with Crippen LogP contribution in [0.3, 0.4) is 0 Å². The molecule has 57 heavy (non-hydrogen) atoms. The van der Waals surface area contributed by atoms with Gasteiger partial charge in [0.05, 0.1) is 14.1 Å². The number of aryl methyl sites for hydroxylation is 3. The molecule has 0 saturated heterocycles. The summed E-state index contributed by atoms with van der Waals surface area (Å²) in [5, 5.41) is 0. The minimum atomic E-state index is -7.22. The first kappa shape index (κ1) is 44.4. The second-order valence-electron chi connectivity index (χ2n) is 12.6. The first-order chi connectivity index (χ1) is 26.2. The van der Waals surface area contributed by atoms with E-state index in [9.17, 15) is 52.7 Å². The van der Waals surface area contributed by atoms with Gasteiger partial charge in [-0.15, -0.1) is 21.9 Å². The Labute approximate surface area is 306 Å².